The number of allylic oxidation sites excluding steroid dienone is 3. The molecule has 0 heterocycles. The average molecular weight is 179 g/mol. The van der Waals surface area contributed by atoms with Gasteiger partial charge in [0.15, 0.2) is 0 Å². The molecular weight excluding hydrogens is 158 g/mol. The first-order chi connectivity index (χ1) is 6.36. The fourth-order valence-electron chi connectivity index (χ4n) is 1.89. The molecule has 0 spiro atoms. The molecule has 13 heavy (non-hydrogen) atoms. The molecule has 1 N–H and O–H groups in total. The quantitative estimate of drug-likeness (QED) is 0.655. The van der Waals surface area contributed by atoms with Gasteiger partial charge in [-0.05, 0) is 32.8 Å². The molecule has 0 aromatic rings. The van der Waals surface area contributed by atoms with Crippen LogP contribution < -0.4 is 5.32 Å². The highest BCUT2D eigenvalue weighted by Crippen LogP contribution is 2.18. The van der Waals surface area contributed by atoms with E-state index >= 15 is 0 Å². The first kappa shape index (κ1) is 10.4. The number of nitrogens with one attached hydrogen (secondary N) is 1. The van der Waals surface area contributed by atoms with Crippen LogP contribution in [0.1, 0.15) is 46.0 Å². The molecule has 0 aromatic heterocycles. The molecule has 1 fully saturated rings. The van der Waals surface area contributed by atoms with Gasteiger partial charge in [-0.3, -0.25) is 0 Å². The van der Waals surface area contributed by atoms with Crippen LogP contribution in [-0.4, -0.2) is 6.04 Å². The van der Waals surface area contributed by atoms with Crippen LogP contribution >= 0.6 is 0 Å². The summed E-state index contributed by atoms with van der Waals surface area (Å²) in [6, 6.07) is 0.719. The third-order valence-electron chi connectivity index (χ3n) is 2.63. The smallest absolute Gasteiger partial charge is 0.0295 e. The van der Waals surface area contributed by atoms with Crippen LogP contribution in [0.2, 0.25) is 0 Å². The standard InChI is InChI=1S/C12H21N/c1-3-8-11(4-2)13-12-9-6-5-7-10-12/h3-4,8,12-13H,5-7,9-10H2,1-2H3/b8-3-,11-4+. The Bertz CT molecular complexity index is 185. The van der Waals surface area contributed by atoms with E-state index in [0.29, 0.717) is 0 Å². The predicted molar refractivity (Wildman–Crippen MR) is 58.6 cm³/mol. The minimum Gasteiger partial charge on any atom is -0.383 e. The molecule has 0 atom stereocenters. The Hall–Kier alpha value is -0.720. The molecule has 1 saturated carbocycles. The van der Waals surface area contributed by atoms with Gasteiger partial charge in [0.05, 0.1) is 0 Å². The van der Waals surface area contributed by atoms with Crippen molar-refractivity contribution in [2.24, 2.45) is 0 Å². The van der Waals surface area contributed by atoms with Crippen LogP contribution in [-0.2, 0) is 0 Å². The van der Waals surface area contributed by atoms with Crippen molar-refractivity contribution in [2.75, 3.05) is 0 Å². The summed E-state index contributed by atoms with van der Waals surface area (Å²) in [5.41, 5.74) is 1.27. The van der Waals surface area contributed by atoms with Gasteiger partial charge in [0.25, 0.3) is 0 Å². The average Bonchev–Trinajstić information content (AvgIpc) is 2.19. The van der Waals surface area contributed by atoms with Gasteiger partial charge < -0.3 is 5.32 Å². The number of hydrogen-bond donors (Lipinski definition) is 1. The zero-order chi connectivity index (χ0) is 9.52. The SMILES string of the molecule is C/C=C\C(=C/C)NC1CCCCC1. The maximum absolute atomic E-state index is 3.58. The van der Waals surface area contributed by atoms with E-state index < -0.39 is 0 Å². The highest BCUT2D eigenvalue weighted by molar-refractivity contribution is 5.16. The third-order valence-corrected chi connectivity index (χ3v) is 2.63. The molecule has 0 amide bonds. The van der Waals surface area contributed by atoms with E-state index in [9.17, 15) is 0 Å². The van der Waals surface area contributed by atoms with Crippen LogP contribution in [0.5, 0.6) is 0 Å². The lowest BCUT2D eigenvalue weighted by molar-refractivity contribution is 0.399. The van der Waals surface area contributed by atoms with Gasteiger partial charge in [-0.2, -0.15) is 0 Å². The van der Waals surface area contributed by atoms with E-state index in [1.54, 1.807) is 0 Å². The minimum absolute atomic E-state index is 0.719. The van der Waals surface area contributed by atoms with Crippen LogP contribution in [0, 0.1) is 0 Å². The first-order valence-corrected chi connectivity index (χ1v) is 5.42. The number of hydrogen-bond acceptors (Lipinski definition) is 1. The largest absolute Gasteiger partial charge is 0.383 e. The van der Waals surface area contributed by atoms with Crippen molar-refractivity contribution in [2.45, 2.75) is 52.0 Å². The summed E-state index contributed by atoms with van der Waals surface area (Å²) < 4.78 is 0. The molecule has 0 bridgehead atoms. The summed E-state index contributed by atoms with van der Waals surface area (Å²) in [7, 11) is 0. The fourth-order valence-corrected chi connectivity index (χ4v) is 1.89. The Morgan fingerprint density at radius 1 is 1.15 bits per heavy atom. The lowest BCUT2D eigenvalue weighted by atomic mass is 9.95. The molecule has 1 rings (SSSR count). The predicted octanol–water partition coefficient (Wildman–Crippen LogP) is 3.39. The molecule has 1 nitrogen and oxygen atoms in total. The van der Waals surface area contributed by atoms with Crippen molar-refractivity contribution >= 4 is 0 Å². The van der Waals surface area contributed by atoms with E-state index in [0.717, 1.165) is 6.04 Å². The minimum atomic E-state index is 0.719. The Kier molecular flexibility index (Phi) is 4.66. The van der Waals surface area contributed by atoms with Crippen molar-refractivity contribution in [3.05, 3.63) is 23.9 Å². The molecule has 1 heteroatoms. The van der Waals surface area contributed by atoms with E-state index in [1.807, 2.05) is 0 Å². The second kappa shape index (κ2) is 5.85. The zero-order valence-corrected chi connectivity index (χ0v) is 8.84. The Morgan fingerprint density at radius 2 is 1.85 bits per heavy atom. The highest BCUT2D eigenvalue weighted by Gasteiger charge is 2.12. The lowest BCUT2D eigenvalue weighted by Crippen LogP contribution is -2.29. The normalized spacial score (nSPS) is 20.9. The van der Waals surface area contributed by atoms with Crippen molar-refractivity contribution in [3.8, 4) is 0 Å². The second-order valence-corrected chi connectivity index (χ2v) is 3.72. The maximum atomic E-state index is 3.58. The van der Waals surface area contributed by atoms with Gasteiger partial charge in [-0.25, -0.2) is 0 Å². The molecule has 74 valence electrons. The van der Waals surface area contributed by atoms with E-state index in [-0.39, 0.29) is 0 Å². The Morgan fingerprint density at radius 3 is 2.38 bits per heavy atom. The highest BCUT2D eigenvalue weighted by atomic mass is 14.9. The molecule has 1 aliphatic carbocycles. The number of rotatable bonds is 3. The third kappa shape index (κ3) is 3.67. The van der Waals surface area contributed by atoms with Crippen LogP contribution in [0.15, 0.2) is 23.9 Å². The molecule has 0 aliphatic heterocycles. The van der Waals surface area contributed by atoms with E-state index in [1.165, 1.54) is 37.8 Å². The second-order valence-electron chi connectivity index (χ2n) is 3.72. The van der Waals surface area contributed by atoms with E-state index in [4.69, 9.17) is 0 Å². The van der Waals surface area contributed by atoms with Crippen molar-refractivity contribution in [1.82, 2.24) is 5.32 Å². The molecule has 0 saturated heterocycles. The molecular formula is C12H21N. The van der Waals surface area contributed by atoms with Gasteiger partial charge in [0, 0.05) is 11.7 Å². The lowest BCUT2D eigenvalue weighted by Gasteiger charge is -2.24. The summed E-state index contributed by atoms with van der Waals surface area (Å²) in [6.45, 7) is 4.15. The monoisotopic (exact) mass is 179 g/mol. The Labute approximate surface area is 81.9 Å². The van der Waals surface area contributed by atoms with Crippen LogP contribution in [0.25, 0.3) is 0 Å². The van der Waals surface area contributed by atoms with Gasteiger partial charge in [0.2, 0.25) is 0 Å². The summed E-state index contributed by atoms with van der Waals surface area (Å²) in [5, 5.41) is 3.58. The van der Waals surface area contributed by atoms with Crippen LogP contribution in [0.4, 0.5) is 0 Å². The van der Waals surface area contributed by atoms with Crippen molar-refractivity contribution < 1.29 is 0 Å². The summed E-state index contributed by atoms with van der Waals surface area (Å²) in [6.07, 6.45) is 13.3. The summed E-state index contributed by atoms with van der Waals surface area (Å²) in [5.74, 6) is 0. The molecule has 0 unspecified atom stereocenters. The van der Waals surface area contributed by atoms with Crippen molar-refractivity contribution in [3.63, 3.8) is 0 Å². The van der Waals surface area contributed by atoms with Gasteiger partial charge in [0.1, 0.15) is 0 Å². The van der Waals surface area contributed by atoms with Crippen molar-refractivity contribution in [1.29, 1.82) is 0 Å². The van der Waals surface area contributed by atoms with Gasteiger partial charge in [-0.15, -0.1) is 0 Å². The van der Waals surface area contributed by atoms with Gasteiger partial charge >= 0.3 is 0 Å². The molecule has 1 aliphatic rings. The van der Waals surface area contributed by atoms with E-state index in [2.05, 4.69) is 37.4 Å². The summed E-state index contributed by atoms with van der Waals surface area (Å²) >= 11 is 0. The topological polar surface area (TPSA) is 12.0 Å². The van der Waals surface area contributed by atoms with Crippen LogP contribution in [0.3, 0.4) is 0 Å². The molecule has 0 aromatic carbocycles. The van der Waals surface area contributed by atoms with Gasteiger partial charge in [-0.1, -0.05) is 31.4 Å². The summed E-state index contributed by atoms with van der Waals surface area (Å²) in [4.78, 5) is 0. The maximum Gasteiger partial charge on any atom is 0.0295 e. The Balaban J connectivity index is 2.36. The molecule has 0 radical (unpaired) electrons. The zero-order valence-electron chi connectivity index (χ0n) is 8.84. The fraction of sp³-hybridized carbons (Fsp3) is 0.667. The first-order valence-electron chi connectivity index (χ1n) is 5.42.